The summed E-state index contributed by atoms with van der Waals surface area (Å²) in [4.78, 5) is 21.4. The number of piperidine rings is 1. The molecule has 2 unspecified atom stereocenters. The summed E-state index contributed by atoms with van der Waals surface area (Å²) >= 11 is 0. The van der Waals surface area contributed by atoms with E-state index in [1.165, 1.54) is 6.07 Å². The largest absolute Gasteiger partial charge is 0.340 e. The molecule has 3 rings (SSSR count). The predicted molar refractivity (Wildman–Crippen MR) is 62.6 cm³/mol. The fourth-order valence-electron chi connectivity index (χ4n) is 2.56. The summed E-state index contributed by atoms with van der Waals surface area (Å²) in [5.74, 6) is 1.07. The van der Waals surface area contributed by atoms with Gasteiger partial charge in [-0.05, 0) is 13.0 Å². The molecule has 1 aromatic heterocycles. The van der Waals surface area contributed by atoms with Gasteiger partial charge in [-0.25, -0.2) is 24.6 Å². The smallest absolute Gasteiger partial charge is 0.283 e. The number of alkyl halides is 2. The van der Waals surface area contributed by atoms with E-state index in [1.54, 1.807) is 11.8 Å². The molecule has 1 amide bonds. The van der Waals surface area contributed by atoms with Gasteiger partial charge in [-0.3, -0.25) is 10.2 Å². The second-order valence-corrected chi connectivity index (χ2v) is 4.96. The third-order valence-corrected chi connectivity index (χ3v) is 3.69. The molecule has 2 aliphatic rings. The van der Waals surface area contributed by atoms with Crippen LogP contribution in [0.5, 0.6) is 0 Å². The number of hydrogen-bond donors (Lipinski definition) is 2. The van der Waals surface area contributed by atoms with Crippen LogP contribution in [-0.2, 0) is 0 Å². The molecule has 19 heavy (non-hydrogen) atoms. The van der Waals surface area contributed by atoms with Crippen molar-refractivity contribution in [2.75, 3.05) is 18.0 Å². The molecule has 6 nitrogen and oxygen atoms in total. The summed E-state index contributed by atoms with van der Waals surface area (Å²) in [5, 5.41) is 0. The minimum atomic E-state index is -2.54. The fraction of sp³-hybridized carbons (Fsp3) is 0.545. The number of nitrogens with two attached hydrogens (primary N) is 1. The van der Waals surface area contributed by atoms with Gasteiger partial charge in [0, 0.05) is 18.8 Å². The molecule has 1 saturated heterocycles. The van der Waals surface area contributed by atoms with Gasteiger partial charge in [0.25, 0.3) is 11.8 Å². The lowest BCUT2D eigenvalue weighted by Gasteiger charge is -2.20. The van der Waals surface area contributed by atoms with Gasteiger partial charge in [0.1, 0.15) is 5.69 Å². The number of nitrogen functional groups attached to an aromatic ring is 1. The lowest BCUT2D eigenvalue weighted by Crippen LogP contribution is -2.33. The molecule has 2 fully saturated rings. The molecule has 8 heteroatoms. The lowest BCUT2D eigenvalue weighted by atomic mass is 10.3. The topological polar surface area (TPSA) is 84.1 Å². The molecule has 2 heterocycles. The van der Waals surface area contributed by atoms with Crippen LogP contribution in [0.15, 0.2) is 6.07 Å². The van der Waals surface area contributed by atoms with Crippen molar-refractivity contribution in [3.8, 4) is 0 Å². The number of carbonyl (C=O) groups excluding carboxylic acids is 1. The zero-order valence-electron chi connectivity index (χ0n) is 10.2. The first kappa shape index (κ1) is 12.2. The molecule has 0 spiro atoms. The number of nitrogens with zero attached hydrogens (tertiary/aromatic N) is 3. The van der Waals surface area contributed by atoms with Crippen LogP contribution < -0.4 is 16.2 Å². The van der Waals surface area contributed by atoms with E-state index in [-0.39, 0.29) is 18.8 Å². The Morgan fingerprint density at radius 2 is 2.11 bits per heavy atom. The van der Waals surface area contributed by atoms with Gasteiger partial charge >= 0.3 is 0 Å². The Balaban J connectivity index is 1.83. The number of fused-ring (bicyclic) bond motifs is 1. The third-order valence-electron chi connectivity index (χ3n) is 3.69. The van der Waals surface area contributed by atoms with Crippen LogP contribution in [0.1, 0.15) is 16.2 Å². The number of aryl methyl sites for hydroxylation is 1. The molecule has 0 radical (unpaired) electrons. The third kappa shape index (κ3) is 1.83. The van der Waals surface area contributed by atoms with Crippen molar-refractivity contribution >= 4 is 11.9 Å². The second-order valence-electron chi connectivity index (χ2n) is 4.96. The Hall–Kier alpha value is -1.83. The molecule has 2 atom stereocenters. The maximum atomic E-state index is 13.1. The van der Waals surface area contributed by atoms with Crippen LogP contribution in [0.25, 0.3) is 0 Å². The monoisotopic (exact) mass is 269 g/mol. The van der Waals surface area contributed by atoms with Crippen molar-refractivity contribution < 1.29 is 13.6 Å². The standard InChI is InChI=1S/C11H13F2N5O/c1-5-2-8(9(19)17-14)16-10(15-5)18-3-6-7(4-18)11(6,12)13/h2,6-7H,3-4,14H2,1H3,(H,17,19). The fourth-order valence-corrected chi connectivity index (χ4v) is 2.56. The first-order chi connectivity index (χ1) is 8.93. The minimum Gasteiger partial charge on any atom is -0.340 e. The van der Waals surface area contributed by atoms with Crippen LogP contribution in [0.2, 0.25) is 0 Å². The van der Waals surface area contributed by atoms with E-state index in [9.17, 15) is 13.6 Å². The molecule has 1 aliphatic carbocycles. The molecule has 1 aliphatic heterocycles. The van der Waals surface area contributed by atoms with Gasteiger partial charge in [0.05, 0.1) is 11.8 Å². The molecule has 0 bridgehead atoms. The van der Waals surface area contributed by atoms with Crippen molar-refractivity contribution in [3.05, 3.63) is 17.5 Å². The van der Waals surface area contributed by atoms with Crippen LogP contribution in [0, 0.1) is 18.8 Å². The number of hydrazine groups is 1. The number of carbonyl (C=O) groups is 1. The van der Waals surface area contributed by atoms with E-state index in [2.05, 4.69) is 9.97 Å². The van der Waals surface area contributed by atoms with Gasteiger partial charge in [0.15, 0.2) is 0 Å². The highest BCUT2D eigenvalue weighted by molar-refractivity contribution is 5.92. The normalized spacial score (nSPS) is 27.1. The van der Waals surface area contributed by atoms with E-state index in [1.807, 2.05) is 5.43 Å². The van der Waals surface area contributed by atoms with Gasteiger partial charge in [-0.1, -0.05) is 0 Å². The van der Waals surface area contributed by atoms with Crippen molar-refractivity contribution in [2.45, 2.75) is 12.8 Å². The van der Waals surface area contributed by atoms with E-state index < -0.39 is 23.7 Å². The Morgan fingerprint density at radius 3 is 2.68 bits per heavy atom. The summed E-state index contributed by atoms with van der Waals surface area (Å²) in [6, 6.07) is 1.50. The first-order valence-corrected chi connectivity index (χ1v) is 5.93. The van der Waals surface area contributed by atoms with Crippen LogP contribution in [0.4, 0.5) is 14.7 Å². The SMILES string of the molecule is Cc1cc(C(=O)NN)nc(N2CC3C(C2)C3(F)F)n1. The second kappa shape index (κ2) is 3.83. The van der Waals surface area contributed by atoms with Crippen molar-refractivity contribution in [2.24, 2.45) is 17.7 Å². The quantitative estimate of drug-likeness (QED) is 0.451. The van der Waals surface area contributed by atoms with Crippen molar-refractivity contribution in [1.29, 1.82) is 0 Å². The van der Waals surface area contributed by atoms with Gasteiger partial charge in [-0.2, -0.15) is 0 Å². The predicted octanol–water partition coefficient (Wildman–Crippen LogP) is 0.0898. The summed E-state index contributed by atoms with van der Waals surface area (Å²) in [6.07, 6.45) is 0. The number of rotatable bonds is 2. The van der Waals surface area contributed by atoms with E-state index in [4.69, 9.17) is 5.84 Å². The van der Waals surface area contributed by atoms with Crippen LogP contribution in [0.3, 0.4) is 0 Å². The molecule has 1 aromatic rings. The number of aromatic nitrogens is 2. The average Bonchev–Trinajstić information content (AvgIpc) is 2.78. The highest BCUT2D eigenvalue weighted by Crippen LogP contribution is 2.59. The Morgan fingerprint density at radius 1 is 1.47 bits per heavy atom. The number of nitrogens with one attached hydrogen (secondary N) is 1. The highest BCUT2D eigenvalue weighted by atomic mass is 19.3. The average molecular weight is 269 g/mol. The Bertz CT molecular complexity index is 536. The van der Waals surface area contributed by atoms with E-state index in [0.29, 0.717) is 11.6 Å². The maximum Gasteiger partial charge on any atom is 0.283 e. The summed E-state index contributed by atoms with van der Waals surface area (Å²) in [7, 11) is 0. The zero-order valence-corrected chi connectivity index (χ0v) is 10.2. The lowest BCUT2D eigenvalue weighted by molar-refractivity contribution is 0.0795. The number of halogens is 2. The maximum absolute atomic E-state index is 13.1. The van der Waals surface area contributed by atoms with Crippen molar-refractivity contribution in [3.63, 3.8) is 0 Å². The summed E-state index contributed by atoms with van der Waals surface area (Å²) < 4.78 is 26.2. The molecule has 1 saturated carbocycles. The van der Waals surface area contributed by atoms with E-state index >= 15 is 0 Å². The summed E-state index contributed by atoms with van der Waals surface area (Å²) in [5.41, 5.74) is 2.72. The minimum absolute atomic E-state index is 0.136. The van der Waals surface area contributed by atoms with Gasteiger partial charge in [-0.15, -0.1) is 0 Å². The van der Waals surface area contributed by atoms with Gasteiger partial charge in [0.2, 0.25) is 5.95 Å². The summed E-state index contributed by atoms with van der Waals surface area (Å²) in [6.45, 7) is 2.17. The van der Waals surface area contributed by atoms with Crippen molar-refractivity contribution in [1.82, 2.24) is 15.4 Å². The number of anilines is 1. The number of hydrogen-bond acceptors (Lipinski definition) is 5. The molecular weight excluding hydrogens is 256 g/mol. The van der Waals surface area contributed by atoms with Gasteiger partial charge < -0.3 is 4.90 Å². The Labute approximate surface area is 108 Å². The molecule has 102 valence electrons. The molecular formula is C11H13F2N5O. The highest BCUT2D eigenvalue weighted by Gasteiger charge is 2.72. The van der Waals surface area contributed by atoms with Crippen LogP contribution >= 0.6 is 0 Å². The van der Waals surface area contributed by atoms with E-state index in [0.717, 1.165) is 0 Å². The molecule has 0 aromatic carbocycles. The van der Waals surface area contributed by atoms with Crippen LogP contribution in [-0.4, -0.2) is 34.9 Å². The zero-order chi connectivity index (χ0) is 13.8. The Kier molecular flexibility index (Phi) is 2.46. The molecule has 3 N–H and O–H groups in total. The first-order valence-electron chi connectivity index (χ1n) is 5.93. The number of amides is 1.